The Morgan fingerprint density at radius 1 is 0.625 bits per heavy atom. The zero-order valence-corrected chi connectivity index (χ0v) is 38.7. The Bertz CT molecular complexity index is 2500. The highest BCUT2D eigenvalue weighted by atomic mass is 35.5. The fraction of sp³-hybridized carbons (Fsp3) is 0.391. The molecule has 342 valence electrons. The van der Waals surface area contributed by atoms with E-state index in [2.05, 4.69) is 10.6 Å². The number of carbonyl (C=O) groups is 4. The van der Waals surface area contributed by atoms with E-state index in [1.54, 1.807) is 48.5 Å². The molecular formula is C46H53Cl2N5O9S2. The first-order chi connectivity index (χ1) is 30.7. The number of carbonyl (C=O) groups excluding carboxylic acids is 4. The van der Waals surface area contributed by atoms with Gasteiger partial charge in [0.1, 0.15) is 12.1 Å². The highest BCUT2D eigenvalue weighted by Crippen LogP contribution is 2.28. The number of sulfonamides is 2. The van der Waals surface area contributed by atoms with Crippen LogP contribution in [0.4, 0.5) is 0 Å². The van der Waals surface area contributed by atoms with Crippen LogP contribution in [0.2, 0.25) is 10.0 Å². The number of hydrogen-bond donors (Lipinski definition) is 2. The number of halogens is 2. The molecule has 3 aliphatic rings. The van der Waals surface area contributed by atoms with Gasteiger partial charge in [-0.25, -0.2) is 21.6 Å². The van der Waals surface area contributed by atoms with E-state index in [-0.39, 0.29) is 40.6 Å². The SMILES string of the molecule is COC(=O)c1cccc(CN(C2CCCCNC2=O)S(=O)(=O)c2ccc(Cl)cc2)c1.O=C1NCCCCC1N(Cc1cccc(C(=O)N2CCCCC2)c1)S(=O)(=O)c1ccc(Cl)cc1. The summed E-state index contributed by atoms with van der Waals surface area (Å²) < 4.78 is 61.6. The van der Waals surface area contributed by atoms with Crippen LogP contribution >= 0.6 is 23.2 Å². The van der Waals surface area contributed by atoms with Crippen molar-refractivity contribution in [1.82, 2.24) is 24.1 Å². The van der Waals surface area contributed by atoms with Crippen molar-refractivity contribution in [2.75, 3.05) is 33.3 Å². The number of methoxy groups -OCH3 is 1. The number of rotatable bonds is 12. The number of nitrogens with zero attached hydrogens (tertiary/aromatic N) is 3. The van der Waals surface area contributed by atoms with Crippen LogP contribution in [-0.4, -0.2) is 99.4 Å². The highest BCUT2D eigenvalue weighted by Gasteiger charge is 2.38. The normalized spacial score (nSPS) is 18.5. The third-order valence-corrected chi connectivity index (χ3v) is 15.6. The molecule has 0 bridgehead atoms. The lowest BCUT2D eigenvalue weighted by atomic mass is 10.1. The predicted molar refractivity (Wildman–Crippen MR) is 244 cm³/mol. The molecule has 0 radical (unpaired) electrons. The van der Waals surface area contributed by atoms with Crippen molar-refractivity contribution in [2.45, 2.75) is 92.8 Å². The van der Waals surface area contributed by atoms with Gasteiger partial charge in [0.2, 0.25) is 31.9 Å². The fourth-order valence-electron chi connectivity index (χ4n) is 7.96. The second-order valence-electron chi connectivity index (χ2n) is 15.9. The van der Waals surface area contributed by atoms with Crippen LogP contribution in [0.3, 0.4) is 0 Å². The monoisotopic (exact) mass is 953 g/mol. The number of benzene rings is 4. The number of esters is 1. The van der Waals surface area contributed by atoms with Gasteiger partial charge < -0.3 is 20.3 Å². The fourth-order valence-corrected chi connectivity index (χ4v) is 11.4. The molecule has 2 N–H and O–H groups in total. The predicted octanol–water partition coefficient (Wildman–Crippen LogP) is 6.81. The minimum Gasteiger partial charge on any atom is -0.465 e. The van der Waals surface area contributed by atoms with E-state index in [9.17, 15) is 36.0 Å². The molecular weight excluding hydrogens is 902 g/mol. The van der Waals surface area contributed by atoms with Crippen LogP contribution in [0.15, 0.2) is 107 Å². The summed E-state index contributed by atoms with van der Waals surface area (Å²) in [5.41, 5.74) is 2.09. The topological polar surface area (TPSA) is 180 Å². The van der Waals surface area contributed by atoms with Crippen molar-refractivity contribution < 1.29 is 40.8 Å². The molecule has 0 spiro atoms. The van der Waals surface area contributed by atoms with Gasteiger partial charge in [-0.2, -0.15) is 8.61 Å². The number of nitrogens with one attached hydrogen (secondary N) is 2. The maximum absolute atomic E-state index is 13.7. The number of amides is 3. The first kappa shape index (κ1) is 48.6. The molecule has 0 aliphatic carbocycles. The van der Waals surface area contributed by atoms with E-state index in [1.807, 2.05) is 4.90 Å². The van der Waals surface area contributed by atoms with Crippen molar-refractivity contribution in [3.8, 4) is 0 Å². The zero-order valence-electron chi connectivity index (χ0n) is 35.6. The van der Waals surface area contributed by atoms with Gasteiger partial charge in [0.15, 0.2) is 0 Å². The summed E-state index contributed by atoms with van der Waals surface area (Å²) in [7, 11) is -6.73. The Morgan fingerprint density at radius 3 is 1.52 bits per heavy atom. The van der Waals surface area contributed by atoms with Crippen LogP contribution in [-0.2, 0) is 47.5 Å². The maximum Gasteiger partial charge on any atom is 0.337 e. The quantitative estimate of drug-likeness (QED) is 0.144. The molecule has 0 saturated carbocycles. The van der Waals surface area contributed by atoms with Gasteiger partial charge in [0.05, 0.1) is 22.5 Å². The largest absolute Gasteiger partial charge is 0.465 e. The lowest BCUT2D eigenvalue weighted by Crippen LogP contribution is -2.48. The van der Waals surface area contributed by atoms with Crippen molar-refractivity contribution in [3.05, 3.63) is 129 Å². The zero-order chi connectivity index (χ0) is 45.9. The second kappa shape index (κ2) is 22.4. The Balaban J connectivity index is 0.000000214. The standard InChI is InChI=1S/C25H30ClN3O4S.C21H23ClN2O5S/c26-21-10-12-22(13-11-21)34(32,33)29(23-9-2-3-14-27-24(23)30)18-19-7-6-8-20(17-19)25(31)28-15-4-1-5-16-28;1-29-21(26)16-6-4-5-15(13-16)14-24(19-7-2-3-12-23-20(19)25)30(27,28)18-10-8-17(22)9-11-18/h6-8,10-13,17,23H,1-5,9,14-16,18H2,(H,27,30);4-6,8-11,13,19H,2-3,7,12,14H2,1H3,(H,23,25). The number of hydrogen-bond acceptors (Lipinski definition) is 9. The minimum atomic E-state index is -4.01. The molecule has 4 aromatic carbocycles. The first-order valence-corrected chi connectivity index (χ1v) is 25.0. The van der Waals surface area contributed by atoms with E-state index in [0.717, 1.165) is 58.0 Å². The molecule has 7 rings (SSSR count). The van der Waals surface area contributed by atoms with Crippen LogP contribution < -0.4 is 10.6 Å². The van der Waals surface area contributed by atoms with E-state index in [0.29, 0.717) is 58.2 Å². The number of piperidine rings is 1. The van der Waals surface area contributed by atoms with Crippen molar-refractivity contribution in [3.63, 3.8) is 0 Å². The average molecular weight is 955 g/mol. The van der Waals surface area contributed by atoms with Crippen molar-refractivity contribution >= 4 is 66.9 Å². The second-order valence-corrected chi connectivity index (χ2v) is 20.5. The lowest BCUT2D eigenvalue weighted by molar-refractivity contribution is -0.125. The summed E-state index contributed by atoms with van der Waals surface area (Å²) >= 11 is 11.9. The molecule has 18 heteroatoms. The summed E-state index contributed by atoms with van der Waals surface area (Å²) in [6, 6.07) is 23.7. The molecule has 2 unspecified atom stereocenters. The molecule has 3 fully saturated rings. The van der Waals surface area contributed by atoms with Gasteiger partial charge in [0.25, 0.3) is 5.91 Å². The van der Waals surface area contributed by atoms with Crippen LogP contribution in [0, 0.1) is 0 Å². The third kappa shape index (κ3) is 12.3. The molecule has 0 aromatic heterocycles. The van der Waals surface area contributed by atoms with Gasteiger partial charge in [-0.05, 0) is 142 Å². The van der Waals surface area contributed by atoms with Crippen LogP contribution in [0.25, 0.3) is 0 Å². The minimum absolute atomic E-state index is 0.00976. The Hall–Kier alpha value is -4.84. The van der Waals surface area contributed by atoms with Crippen molar-refractivity contribution in [2.24, 2.45) is 0 Å². The first-order valence-electron chi connectivity index (χ1n) is 21.3. The molecule has 64 heavy (non-hydrogen) atoms. The molecule has 3 amide bonds. The van der Waals surface area contributed by atoms with Gasteiger partial charge in [-0.3, -0.25) is 14.4 Å². The summed E-state index contributed by atoms with van der Waals surface area (Å²) in [4.78, 5) is 52.4. The molecule has 2 atom stereocenters. The summed E-state index contributed by atoms with van der Waals surface area (Å²) in [5, 5.41) is 6.48. The number of ether oxygens (including phenoxy) is 1. The molecule has 4 aromatic rings. The highest BCUT2D eigenvalue weighted by molar-refractivity contribution is 7.89. The molecule has 3 aliphatic heterocycles. The van der Waals surface area contributed by atoms with Crippen LogP contribution in [0.1, 0.15) is 89.6 Å². The van der Waals surface area contributed by atoms with Crippen LogP contribution in [0.5, 0.6) is 0 Å². The smallest absolute Gasteiger partial charge is 0.337 e. The Morgan fingerprint density at radius 2 is 1.06 bits per heavy atom. The summed E-state index contributed by atoms with van der Waals surface area (Å²) in [6.07, 6.45) is 7.02. The average Bonchev–Trinajstić information content (AvgIpc) is 3.66. The number of likely N-dealkylation sites (tertiary alicyclic amines) is 1. The lowest BCUT2D eigenvalue weighted by Gasteiger charge is -2.30. The summed E-state index contributed by atoms with van der Waals surface area (Å²) in [5.74, 6) is -1.18. The van der Waals surface area contributed by atoms with Gasteiger partial charge in [-0.15, -0.1) is 0 Å². The van der Waals surface area contributed by atoms with E-state index < -0.39 is 38.1 Å². The van der Waals surface area contributed by atoms with Gasteiger partial charge >= 0.3 is 5.97 Å². The summed E-state index contributed by atoms with van der Waals surface area (Å²) in [6.45, 7) is 2.45. The van der Waals surface area contributed by atoms with E-state index in [4.69, 9.17) is 27.9 Å². The molecule has 14 nitrogen and oxygen atoms in total. The van der Waals surface area contributed by atoms with E-state index in [1.165, 1.54) is 64.3 Å². The Kier molecular flexibility index (Phi) is 17.0. The van der Waals surface area contributed by atoms with Gasteiger partial charge in [-0.1, -0.05) is 47.5 Å². The third-order valence-electron chi connectivity index (χ3n) is 11.4. The molecule has 3 heterocycles. The molecule has 3 saturated heterocycles. The van der Waals surface area contributed by atoms with E-state index >= 15 is 0 Å². The van der Waals surface area contributed by atoms with Gasteiger partial charge in [0, 0.05) is 54.9 Å². The maximum atomic E-state index is 13.7. The van der Waals surface area contributed by atoms with Crippen molar-refractivity contribution in [1.29, 1.82) is 0 Å². The Labute approximate surface area is 385 Å².